The van der Waals surface area contributed by atoms with Crippen LogP contribution in [0.3, 0.4) is 0 Å². The number of carbonyl (C=O) groups is 1. The van der Waals surface area contributed by atoms with Crippen LogP contribution in [-0.2, 0) is 27.4 Å². The highest BCUT2D eigenvalue weighted by molar-refractivity contribution is 5.99. The fourth-order valence-corrected chi connectivity index (χ4v) is 4.66. The monoisotopic (exact) mass is 591 g/mol. The topological polar surface area (TPSA) is 110 Å². The van der Waals surface area contributed by atoms with Crippen LogP contribution < -0.4 is 20.7 Å². The number of anilines is 2. The van der Waals surface area contributed by atoms with E-state index >= 15 is 0 Å². The first-order chi connectivity index (χ1) is 20.9. The molecule has 0 saturated carbocycles. The van der Waals surface area contributed by atoms with Gasteiger partial charge in [0.15, 0.2) is 0 Å². The van der Waals surface area contributed by atoms with Crippen LogP contribution in [-0.4, -0.2) is 49.8 Å². The summed E-state index contributed by atoms with van der Waals surface area (Å²) in [5.74, 6) is 0.198. The van der Waals surface area contributed by atoms with Gasteiger partial charge in [-0.2, -0.15) is 0 Å². The Morgan fingerprint density at radius 1 is 0.884 bits per heavy atom. The van der Waals surface area contributed by atoms with Crippen molar-refractivity contribution in [2.24, 2.45) is 0 Å². The number of fused-ring (bicyclic) bond motifs is 1. The van der Waals surface area contributed by atoms with Crippen molar-refractivity contribution in [2.45, 2.75) is 64.6 Å². The van der Waals surface area contributed by atoms with Crippen molar-refractivity contribution in [1.29, 1.82) is 0 Å². The number of urea groups is 1. The minimum Gasteiger partial charge on any atom is -0.463 e. The van der Waals surface area contributed by atoms with Gasteiger partial charge in [0.2, 0.25) is 5.79 Å². The third-order valence-electron chi connectivity index (χ3n) is 6.94. The number of para-hydroxylation sites is 1. The van der Waals surface area contributed by atoms with E-state index in [1.807, 2.05) is 86.6 Å². The van der Waals surface area contributed by atoms with Gasteiger partial charge in [-0.25, -0.2) is 4.79 Å². The molecule has 1 aliphatic heterocycles. The fourth-order valence-electron chi connectivity index (χ4n) is 4.66. The molecule has 4 rings (SSSR count). The molecule has 0 aliphatic carbocycles. The second-order valence-corrected chi connectivity index (χ2v) is 11.1. The van der Waals surface area contributed by atoms with Gasteiger partial charge in [-0.05, 0) is 79.8 Å². The van der Waals surface area contributed by atoms with Gasteiger partial charge in [0.1, 0.15) is 5.75 Å². The average molecular weight is 592 g/mol. The van der Waals surface area contributed by atoms with Crippen molar-refractivity contribution in [3.63, 3.8) is 0 Å². The van der Waals surface area contributed by atoms with Gasteiger partial charge in [0.05, 0.1) is 19.3 Å². The zero-order valence-electron chi connectivity index (χ0n) is 25.3. The normalized spacial score (nSPS) is 14.4. The molecule has 1 atom stereocenters. The molecule has 43 heavy (non-hydrogen) atoms. The Hall–Kier alpha value is -3.47. The van der Waals surface area contributed by atoms with E-state index in [2.05, 4.69) is 16.0 Å². The van der Waals surface area contributed by atoms with Crippen LogP contribution in [0.25, 0.3) is 0 Å². The molecule has 2 amide bonds. The number of aliphatic hydroxyl groups excluding tert-OH is 1. The minimum atomic E-state index is -0.618. The number of hydrogen-bond donors (Lipinski definition) is 4. The predicted molar refractivity (Wildman–Crippen MR) is 168 cm³/mol. The molecule has 0 fully saturated rings. The third kappa shape index (κ3) is 11.6. The smallest absolute Gasteiger partial charge is 0.323 e. The van der Waals surface area contributed by atoms with Gasteiger partial charge in [0, 0.05) is 57.2 Å². The zero-order chi connectivity index (χ0) is 30.3. The number of carbonyl (C=O) groups excluding carboxylic acids is 1. The van der Waals surface area contributed by atoms with Crippen LogP contribution in [0.15, 0.2) is 72.8 Å². The molecule has 9 nitrogen and oxygen atoms in total. The summed E-state index contributed by atoms with van der Waals surface area (Å²) in [6.45, 7) is 8.12. The summed E-state index contributed by atoms with van der Waals surface area (Å²) < 4.78 is 23.1. The van der Waals surface area contributed by atoms with Gasteiger partial charge in [-0.15, -0.1) is 0 Å². The highest BCUT2D eigenvalue weighted by atomic mass is 16.7. The van der Waals surface area contributed by atoms with Crippen molar-refractivity contribution < 1.29 is 28.8 Å². The van der Waals surface area contributed by atoms with E-state index < -0.39 is 11.9 Å². The lowest BCUT2D eigenvalue weighted by Crippen LogP contribution is -2.35. The van der Waals surface area contributed by atoms with Crippen LogP contribution in [0.1, 0.15) is 62.3 Å². The van der Waals surface area contributed by atoms with Gasteiger partial charge >= 0.3 is 6.03 Å². The summed E-state index contributed by atoms with van der Waals surface area (Å²) in [7, 11) is 0. The van der Waals surface area contributed by atoms with E-state index in [1.165, 1.54) is 0 Å². The highest BCUT2D eigenvalue weighted by Gasteiger charge is 2.27. The molecule has 3 aromatic rings. The predicted octanol–water partition coefficient (Wildman–Crippen LogP) is 6.39. The van der Waals surface area contributed by atoms with E-state index in [9.17, 15) is 9.90 Å². The van der Waals surface area contributed by atoms with E-state index in [1.54, 1.807) is 0 Å². The van der Waals surface area contributed by atoms with E-state index in [-0.39, 0.29) is 6.03 Å². The Labute approximate surface area is 254 Å². The Balaban J connectivity index is 0.970. The van der Waals surface area contributed by atoms with Crippen LogP contribution in [0.2, 0.25) is 0 Å². The number of benzene rings is 3. The summed E-state index contributed by atoms with van der Waals surface area (Å²) >= 11 is 0. The molecular weight excluding hydrogens is 546 g/mol. The quantitative estimate of drug-likeness (QED) is 0.135. The minimum absolute atomic E-state index is 0.283. The van der Waals surface area contributed by atoms with Crippen molar-refractivity contribution in [3.05, 3.63) is 89.5 Å². The number of ether oxygens (including phenoxy) is 4. The molecule has 4 N–H and O–H groups in total. The first kappa shape index (κ1) is 32.4. The SMILES string of the molecule is CC1(C)OCc2cc([C@H](O)CNCCCCCOCCCOCc3cccc(NC(=O)Nc4ccccc4)c3)ccc2O1. The largest absolute Gasteiger partial charge is 0.463 e. The first-order valence-corrected chi connectivity index (χ1v) is 15.1. The molecule has 3 aromatic carbocycles. The summed E-state index contributed by atoms with van der Waals surface area (Å²) in [5.41, 5.74) is 4.28. The molecule has 0 saturated heterocycles. The maximum Gasteiger partial charge on any atom is 0.323 e. The Morgan fingerprint density at radius 2 is 1.65 bits per heavy atom. The molecule has 1 aliphatic rings. The molecule has 0 bridgehead atoms. The van der Waals surface area contributed by atoms with Gasteiger partial charge < -0.3 is 40.0 Å². The second kappa shape index (κ2) is 17.0. The fraction of sp³-hybridized carbons (Fsp3) is 0.441. The van der Waals surface area contributed by atoms with Crippen LogP contribution in [0.5, 0.6) is 5.75 Å². The molecule has 0 aromatic heterocycles. The van der Waals surface area contributed by atoms with Crippen molar-refractivity contribution in [1.82, 2.24) is 5.32 Å². The Kier molecular flexibility index (Phi) is 12.8. The highest BCUT2D eigenvalue weighted by Crippen LogP contribution is 2.32. The molecule has 232 valence electrons. The van der Waals surface area contributed by atoms with Crippen LogP contribution in [0.4, 0.5) is 16.2 Å². The van der Waals surface area contributed by atoms with E-state index in [0.717, 1.165) is 67.0 Å². The van der Waals surface area contributed by atoms with E-state index in [0.29, 0.717) is 38.7 Å². The number of aliphatic hydroxyl groups is 1. The first-order valence-electron chi connectivity index (χ1n) is 15.1. The van der Waals surface area contributed by atoms with Crippen molar-refractivity contribution in [2.75, 3.05) is 43.5 Å². The molecule has 0 radical (unpaired) electrons. The number of unbranched alkanes of at least 4 members (excludes halogenated alkanes) is 2. The summed E-state index contributed by atoms with van der Waals surface area (Å²) in [4.78, 5) is 12.2. The zero-order valence-corrected chi connectivity index (χ0v) is 25.3. The number of hydrogen-bond acceptors (Lipinski definition) is 7. The molecular formula is C34H45N3O6. The number of rotatable bonds is 17. The van der Waals surface area contributed by atoms with Crippen molar-refractivity contribution in [3.8, 4) is 5.75 Å². The Morgan fingerprint density at radius 3 is 2.51 bits per heavy atom. The summed E-state index contributed by atoms with van der Waals surface area (Å²) in [6, 6.07) is 22.5. The van der Waals surface area contributed by atoms with E-state index in [4.69, 9.17) is 18.9 Å². The summed E-state index contributed by atoms with van der Waals surface area (Å²) in [6.07, 6.45) is 3.36. The standard InChI is InChI=1S/C34H45N3O6/c1-34(2)42-25-28-22-27(15-16-32(28)43-34)31(38)23-35-17-7-4-8-18-40-19-10-20-41-24-26-11-9-14-30(21-26)37-33(39)36-29-12-5-3-6-13-29/h3,5-6,9,11-16,21-22,31,35,38H,4,7-8,10,17-20,23-25H2,1-2H3,(H2,36,37,39)/t31-/m1/s1. The second-order valence-electron chi connectivity index (χ2n) is 11.1. The van der Waals surface area contributed by atoms with Gasteiger partial charge in [-0.3, -0.25) is 0 Å². The van der Waals surface area contributed by atoms with Crippen molar-refractivity contribution >= 4 is 17.4 Å². The lowest BCUT2D eigenvalue weighted by molar-refractivity contribution is -0.180. The number of nitrogens with one attached hydrogen (secondary N) is 3. The third-order valence-corrected chi connectivity index (χ3v) is 6.94. The Bertz CT molecular complexity index is 1270. The number of amides is 2. The molecule has 0 unspecified atom stereocenters. The van der Waals surface area contributed by atoms with Gasteiger partial charge in [0.25, 0.3) is 0 Å². The maximum atomic E-state index is 12.2. The lowest BCUT2D eigenvalue weighted by Gasteiger charge is -2.33. The van der Waals surface area contributed by atoms with Crippen LogP contribution in [0, 0.1) is 0 Å². The lowest BCUT2D eigenvalue weighted by atomic mass is 10.0. The van der Waals surface area contributed by atoms with Crippen LogP contribution >= 0.6 is 0 Å². The molecule has 1 heterocycles. The molecule has 0 spiro atoms. The summed E-state index contributed by atoms with van der Waals surface area (Å²) in [5, 5.41) is 19.6. The van der Waals surface area contributed by atoms with Gasteiger partial charge in [-0.1, -0.05) is 36.4 Å². The average Bonchev–Trinajstić information content (AvgIpc) is 2.99. The maximum absolute atomic E-state index is 12.2. The molecule has 9 heteroatoms.